The normalized spacial score (nSPS) is 13.8. The van der Waals surface area contributed by atoms with Crippen LogP contribution in [0.15, 0.2) is 65.3 Å². The summed E-state index contributed by atoms with van der Waals surface area (Å²) in [6.45, 7) is -0.314. The van der Waals surface area contributed by atoms with Crippen molar-refractivity contribution in [1.29, 1.82) is 0 Å². The minimum absolute atomic E-state index is 0. The molecule has 0 bridgehead atoms. The third-order valence-corrected chi connectivity index (χ3v) is 6.95. The van der Waals surface area contributed by atoms with Gasteiger partial charge in [0.15, 0.2) is 5.78 Å². The van der Waals surface area contributed by atoms with Crippen LogP contribution in [-0.2, 0) is 30.5 Å². The van der Waals surface area contributed by atoms with E-state index in [2.05, 4.69) is 0 Å². The van der Waals surface area contributed by atoms with Crippen LogP contribution in [0.4, 0.5) is 0 Å². The largest absolute Gasteiger partial charge is 1.00 e. The predicted octanol–water partition coefficient (Wildman–Crippen LogP) is -2.23. The summed E-state index contributed by atoms with van der Waals surface area (Å²) in [6, 6.07) is 8.81. The average molecular weight is 659 g/mol. The maximum atomic E-state index is 13.2. The van der Waals surface area contributed by atoms with Crippen molar-refractivity contribution in [3.05, 3.63) is 93.1 Å². The Morgan fingerprint density at radius 3 is 1.72 bits per heavy atom. The Hall–Kier alpha value is -4.60. The molecule has 5 N–H and O–H groups in total. The summed E-state index contributed by atoms with van der Waals surface area (Å²) in [6.07, 6.45) is 2.88. The third kappa shape index (κ3) is 10.5. The molecule has 3 rings (SSSR count). The van der Waals surface area contributed by atoms with Crippen LogP contribution in [-0.4, -0.2) is 104 Å². The Kier molecular flexibility index (Phi) is 13.8. The van der Waals surface area contributed by atoms with Crippen molar-refractivity contribution in [2.45, 2.75) is 20.4 Å². The second-order valence-corrected chi connectivity index (χ2v) is 10.7. The fourth-order valence-electron chi connectivity index (χ4n) is 5.17. The summed E-state index contributed by atoms with van der Waals surface area (Å²) in [7, 11) is 0. The van der Waals surface area contributed by atoms with Crippen LogP contribution in [0, 0.1) is 6.92 Å². The third-order valence-electron chi connectivity index (χ3n) is 6.95. The fraction of sp³-hybridized carbons (Fsp3) is 0.250. The molecule has 0 saturated carbocycles. The summed E-state index contributed by atoms with van der Waals surface area (Å²) >= 11 is 0. The number of rotatable bonds is 15. The van der Waals surface area contributed by atoms with Gasteiger partial charge in [0, 0.05) is 29.8 Å². The number of aryl methyl sites for hydroxylation is 1. The second-order valence-electron chi connectivity index (χ2n) is 10.7. The zero-order chi connectivity index (χ0) is 34.3. The molecule has 2 aromatic rings. The molecule has 0 fully saturated rings. The number of aliphatic carboxylic acids is 4. The second kappa shape index (κ2) is 16.8. The van der Waals surface area contributed by atoms with Gasteiger partial charge in [-0.3, -0.25) is 33.8 Å². The number of aromatic carboxylic acids is 1. The van der Waals surface area contributed by atoms with E-state index in [0.29, 0.717) is 5.56 Å². The SMILES string of the molecule is CC1=CC(=C(c2cc(C)c(O)c(CN(CC(=O)O)CC(=O)O)c2)c2ccccc2C(=O)[O-])C=C(CN(CC(=O)O)CC(=O)O)C1=O.[Na+]. The number of Topliss-reactive ketones (excluding diaryl/α,β-unsaturated/α-hetero) is 1. The number of carboxylic acid groups (broad SMARTS) is 5. The van der Waals surface area contributed by atoms with Crippen LogP contribution in [0.5, 0.6) is 5.75 Å². The van der Waals surface area contributed by atoms with E-state index in [0.717, 1.165) is 9.80 Å². The Morgan fingerprint density at radius 2 is 1.23 bits per heavy atom. The van der Waals surface area contributed by atoms with Gasteiger partial charge < -0.3 is 35.4 Å². The molecule has 0 amide bonds. The van der Waals surface area contributed by atoms with E-state index in [1.807, 2.05) is 0 Å². The van der Waals surface area contributed by atoms with Crippen molar-refractivity contribution < 1.29 is 89.0 Å². The summed E-state index contributed by atoms with van der Waals surface area (Å²) < 4.78 is 0. The molecule has 0 aliphatic heterocycles. The van der Waals surface area contributed by atoms with Crippen molar-refractivity contribution in [3.8, 4) is 5.75 Å². The van der Waals surface area contributed by atoms with Crippen molar-refractivity contribution in [3.63, 3.8) is 0 Å². The number of allylic oxidation sites excluding steroid dienone is 4. The number of carbonyl (C=O) groups excluding carboxylic acids is 2. The van der Waals surface area contributed by atoms with Gasteiger partial charge in [-0.1, -0.05) is 24.3 Å². The molecule has 0 radical (unpaired) electrons. The predicted molar refractivity (Wildman–Crippen MR) is 159 cm³/mol. The summed E-state index contributed by atoms with van der Waals surface area (Å²) in [5.74, 6) is -7.50. The first-order valence-corrected chi connectivity index (χ1v) is 13.7. The maximum Gasteiger partial charge on any atom is 1.00 e. The van der Waals surface area contributed by atoms with E-state index < -0.39 is 61.8 Å². The fourth-order valence-corrected chi connectivity index (χ4v) is 5.17. The molecule has 2 aromatic carbocycles. The Labute approximate surface area is 290 Å². The first-order valence-electron chi connectivity index (χ1n) is 13.7. The van der Waals surface area contributed by atoms with Gasteiger partial charge in [0.25, 0.3) is 0 Å². The van der Waals surface area contributed by atoms with Gasteiger partial charge in [-0.25, -0.2) is 0 Å². The van der Waals surface area contributed by atoms with Crippen molar-refractivity contribution >= 4 is 41.2 Å². The smallest absolute Gasteiger partial charge is 0.545 e. The molecule has 15 heteroatoms. The van der Waals surface area contributed by atoms with E-state index in [9.17, 15) is 59.4 Å². The molecule has 14 nitrogen and oxygen atoms in total. The summed E-state index contributed by atoms with van der Waals surface area (Å²) in [5.41, 5.74) is 1.38. The number of carboxylic acids is 5. The Morgan fingerprint density at radius 1 is 0.745 bits per heavy atom. The van der Waals surface area contributed by atoms with E-state index >= 15 is 0 Å². The first kappa shape index (κ1) is 38.6. The quantitative estimate of drug-likeness (QED) is 0.128. The number of benzene rings is 2. The molecule has 0 unspecified atom stereocenters. The molecular weight excluding hydrogens is 627 g/mol. The maximum absolute atomic E-state index is 13.2. The Bertz CT molecular complexity index is 1680. The summed E-state index contributed by atoms with van der Waals surface area (Å²) in [4.78, 5) is 73.1. The van der Waals surface area contributed by atoms with Gasteiger partial charge in [-0.15, -0.1) is 0 Å². The molecule has 1 aliphatic rings. The van der Waals surface area contributed by atoms with E-state index in [1.165, 1.54) is 56.3 Å². The summed E-state index contributed by atoms with van der Waals surface area (Å²) in [5, 5.41) is 60.3. The van der Waals surface area contributed by atoms with Crippen LogP contribution in [0.25, 0.3) is 5.57 Å². The molecule has 0 heterocycles. The first-order chi connectivity index (χ1) is 21.6. The molecule has 0 saturated heterocycles. The number of hydrogen-bond acceptors (Lipinski definition) is 10. The number of aromatic hydroxyl groups is 1. The topological polar surface area (TPSA) is 233 Å². The zero-order valence-electron chi connectivity index (χ0n) is 25.8. The van der Waals surface area contributed by atoms with Gasteiger partial charge in [-0.2, -0.15) is 0 Å². The average Bonchev–Trinajstić information content (AvgIpc) is 2.93. The monoisotopic (exact) mass is 658 g/mol. The van der Waals surface area contributed by atoms with Gasteiger partial charge in [0.05, 0.1) is 32.1 Å². The number of phenolic OH excluding ortho intramolecular Hbond substituents is 1. The molecular formula is C32H31N2NaO12. The number of phenols is 1. The van der Waals surface area contributed by atoms with Crippen LogP contribution in [0.1, 0.15) is 39.5 Å². The van der Waals surface area contributed by atoms with Gasteiger partial charge >= 0.3 is 53.4 Å². The van der Waals surface area contributed by atoms with Crippen molar-refractivity contribution in [1.82, 2.24) is 9.80 Å². The van der Waals surface area contributed by atoms with Crippen LogP contribution in [0.3, 0.4) is 0 Å². The van der Waals surface area contributed by atoms with Gasteiger partial charge in [-0.05, 0) is 71.5 Å². The van der Waals surface area contributed by atoms with E-state index in [4.69, 9.17) is 0 Å². The van der Waals surface area contributed by atoms with Crippen molar-refractivity contribution in [2.24, 2.45) is 0 Å². The van der Waals surface area contributed by atoms with E-state index in [-0.39, 0.29) is 92.9 Å². The van der Waals surface area contributed by atoms with Crippen LogP contribution < -0.4 is 34.7 Å². The molecule has 1 aliphatic carbocycles. The van der Waals surface area contributed by atoms with Crippen LogP contribution >= 0.6 is 0 Å². The van der Waals surface area contributed by atoms with E-state index in [1.54, 1.807) is 6.07 Å². The van der Waals surface area contributed by atoms with Crippen molar-refractivity contribution in [2.75, 3.05) is 32.7 Å². The number of nitrogens with zero attached hydrogens (tertiary/aromatic N) is 2. The van der Waals surface area contributed by atoms with Gasteiger partial charge in [0.1, 0.15) is 5.75 Å². The van der Waals surface area contributed by atoms with Gasteiger partial charge in [0.2, 0.25) is 0 Å². The number of carbonyl (C=O) groups is 6. The minimum Gasteiger partial charge on any atom is -0.545 e. The molecule has 0 aromatic heterocycles. The molecule has 0 spiro atoms. The zero-order valence-corrected chi connectivity index (χ0v) is 27.8. The molecule has 47 heavy (non-hydrogen) atoms. The molecule has 0 atom stereocenters. The molecule has 242 valence electrons. The number of ketones is 1. The minimum atomic E-state index is -1.52. The number of hydrogen-bond donors (Lipinski definition) is 5. The Balaban J connectivity index is 0.00000768. The van der Waals surface area contributed by atoms with Crippen LogP contribution in [0.2, 0.25) is 0 Å². The standard InChI is InChI=1S/C32H32N2O12.Na/c1-17-7-19(9-21(30(17)43)11-33(13-25(35)36)14-26(37)38)29(23-5-3-4-6-24(23)32(45)46)20-8-18(2)31(44)22(10-20)12-34(15-27(39)40)16-28(41)42;/h3-10,43H,11-16H2,1-2H3,(H,35,36)(H,37,38)(H,39,40)(H,41,42)(H,45,46);/q;+1/p-1.